The van der Waals surface area contributed by atoms with Gasteiger partial charge in [-0.1, -0.05) is 24.3 Å². The maximum atomic E-state index is 12.5. The maximum Gasteiger partial charge on any atom is 0.244 e. The predicted molar refractivity (Wildman–Crippen MR) is 93.7 cm³/mol. The Kier molecular flexibility index (Phi) is 5.35. The fourth-order valence-electron chi connectivity index (χ4n) is 3.31. The topological polar surface area (TPSA) is 68.2 Å². The fraction of sp³-hybridized carbons (Fsp3) is 0.556. The molecule has 0 aromatic heterocycles. The van der Waals surface area contributed by atoms with Gasteiger partial charge in [-0.05, 0) is 30.9 Å². The van der Waals surface area contributed by atoms with Gasteiger partial charge in [0, 0.05) is 32.7 Å². The molecule has 2 N–H and O–H groups in total. The number of nitrogens with zero attached hydrogens (tertiary/aromatic N) is 3. The van der Waals surface area contributed by atoms with E-state index in [-0.39, 0.29) is 18.6 Å². The second-order valence-corrected chi connectivity index (χ2v) is 6.39. The summed E-state index contributed by atoms with van der Waals surface area (Å²) in [4.78, 5) is 20.9. The van der Waals surface area contributed by atoms with Crippen molar-refractivity contribution in [2.45, 2.75) is 32.4 Å². The number of rotatable bonds is 3. The third-order valence-electron chi connectivity index (χ3n) is 4.65. The van der Waals surface area contributed by atoms with Gasteiger partial charge in [0.05, 0.1) is 6.10 Å². The minimum atomic E-state index is -0.303. The van der Waals surface area contributed by atoms with E-state index >= 15 is 0 Å². The number of aliphatic hydroxyl groups excluding tert-OH is 1. The maximum absolute atomic E-state index is 12.5. The molecule has 130 valence electrons. The molecule has 0 spiro atoms. The Morgan fingerprint density at radius 3 is 2.79 bits per heavy atom. The Morgan fingerprint density at radius 1 is 1.29 bits per heavy atom. The van der Waals surface area contributed by atoms with E-state index in [0.717, 1.165) is 38.4 Å². The summed E-state index contributed by atoms with van der Waals surface area (Å²) >= 11 is 0. The number of nitrogens with one attached hydrogen (secondary N) is 1. The van der Waals surface area contributed by atoms with Crippen molar-refractivity contribution in [3.8, 4) is 0 Å². The number of benzene rings is 1. The summed E-state index contributed by atoms with van der Waals surface area (Å²) < 4.78 is 0. The van der Waals surface area contributed by atoms with Crippen molar-refractivity contribution in [3.63, 3.8) is 0 Å². The number of hydrogen-bond donors (Lipinski definition) is 2. The van der Waals surface area contributed by atoms with E-state index in [1.807, 2.05) is 28.9 Å². The smallest absolute Gasteiger partial charge is 0.244 e. The van der Waals surface area contributed by atoms with Crippen LogP contribution in [0, 0.1) is 0 Å². The van der Waals surface area contributed by atoms with Gasteiger partial charge in [-0.2, -0.15) is 0 Å². The van der Waals surface area contributed by atoms with Crippen molar-refractivity contribution in [1.29, 1.82) is 0 Å². The van der Waals surface area contributed by atoms with E-state index in [9.17, 15) is 9.90 Å². The number of aliphatic imine (C=N–C) groups is 1. The predicted octanol–water partition coefficient (Wildman–Crippen LogP) is 0.603. The highest BCUT2D eigenvalue weighted by molar-refractivity contribution is 5.85. The average Bonchev–Trinajstić information content (AvgIpc) is 3.04. The van der Waals surface area contributed by atoms with Gasteiger partial charge in [0.15, 0.2) is 5.96 Å². The minimum absolute atomic E-state index is 0.0552. The monoisotopic (exact) mass is 330 g/mol. The van der Waals surface area contributed by atoms with Gasteiger partial charge < -0.3 is 20.2 Å². The number of aliphatic hydroxyl groups is 1. The molecule has 0 radical (unpaired) electrons. The van der Waals surface area contributed by atoms with Crippen molar-refractivity contribution in [1.82, 2.24) is 15.1 Å². The third kappa shape index (κ3) is 3.87. The Balaban J connectivity index is 1.61. The summed E-state index contributed by atoms with van der Waals surface area (Å²) in [6.45, 7) is 5.68. The van der Waals surface area contributed by atoms with Gasteiger partial charge in [-0.15, -0.1) is 0 Å². The van der Waals surface area contributed by atoms with Crippen LogP contribution in [0.2, 0.25) is 0 Å². The average molecular weight is 330 g/mol. The first-order chi connectivity index (χ1) is 11.7. The van der Waals surface area contributed by atoms with Crippen LogP contribution < -0.4 is 5.32 Å². The number of β-amino-alcohol motifs (C(OH)–C–C–N with tert-alkyl or cyclic N) is 1. The van der Waals surface area contributed by atoms with Crippen LogP contribution in [-0.2, 0) is 17.8 Å². The molecule has 1 atom stereocenters. The van der Waals surface area contributed by atoms with Crippen molar-refractivity contribution in [3.05, 3.63) is 35.4 Å². The molecule has 3 rings (SSSR count). The Morgan fingerprint density at radius 2 is 2.08 bits per heavy atom. The molecule has 1 amide bonds. The summed E-state index contributed by atoms with van der Waals surface area (Å²) in [5.74, 6) is 0.777. The molecule has 1 saturated heterocycles. The van der Waals surface area contributed by atoms with E-state index in [0.29, 0.717) is 13.1 Å². The largest absolute Gasteiger partial charge is 0.391 e. The molecule has 2 aliphatic heterocycles. The number of amides is 1. The number of fused-ring (bicyclic) bond motifs is 1. The van der Waals surface area contributed by atoms with Gasteiger partial charge in [0.2, 0.25) is 5.91 Å². The Bertz CT molecular complexity index is 617. The normalized spacial score (nSPS) is 20.9. The van der Waals surface area contributed by atoms with Crippen molar-refractivity contribution in [2.24, 2.45) is 4.99 Å². The summed E-state index contributed by atoms with van der Waals surface area (Å²) in [5, 5.41) is 12.9. The second-order valence-electron chi connectivity index (χ2n) is 6.39. The van der Waals surface area contributed by atoms with Crippen molar-refractivity contribution in [2.75, 3.05) is 32.7 Å². The van der Waals surface area contributed by atoms with Gasteiger partial charge in [0.1, 0.15) is 6.54 Å². The van der Waals surface area contributed by atoms with Crippen LogP contribution in [0.4, 0.5) is 0 Å². The third-order valence-corrected chi connectivity index (χ3v) is 4.65. The molecule has 0 unspecified atom stereocenters. The lowest BCUT2D eigenvalue weighted by Crippen LogP contribution is -2.42. The lowest BCUT2D eigenvalue weighted by atomic mass is 10.00. The minimum Gasteiger partial charge on any atom is -0.391 e. The first kappa shape index (κ1) is 16.8. The van der Waals surface area contributed by atoms with E-state index < -0.39 is 0 Å². The van der Waals surface area contributed by atoms with E-state index in [1.54, 1.807) is 0 Å². The zero-order chi connectivity index (χ0) is 16.9. The van der Waals surface area contributed by atoms with Crippen LogP contribution in [0.3, 0.4) is 0 Å². The molecule has 6 heteroatoms. The highest BCUT2D eigenvalue weighted by Crippen LogP contribution is 2.18. The SMILES string of the molecule is CCNC(=NCC(=O)N1CCc2ccccc2C1)N1CC[C@@H](O)C1. The number of guanidine groups is 1. The fourth-order valence-corrected chi connectivity index (χ4v) is 3.31. The lowest BCUT2D eigenvalue weighted by Gasteiger charge is -2.28. The van der Waals surface area contributed by atoms with E-state index in [4.69, 9.17) is 0 Å². The van der Waals surface area contributed by atoms with Gasteiger partial charge in [0.25, 0.3) is 0 Å². The van der Waals surface area contributed by atoms with Crippen molar-refractivity contribution < 1.29 is 9.90 Å². The highest BCUT2D eigenvalue weighted by Gasteiger charge is 2.24. The first-order valence-corrected chi connectivity index (χ1v) is 8.73. The molecule has 1 aromatic rings. The molecule has 0 bridgehead atoms. The van der Waals surface area contributed by atoms with Gasteiger partial charge >= 0.3 is 0 Å². The molecule has 1 aromatic carbocycles. The number of carbonyl (C=O) groups excluding carboxylic acids is 1. The van der Waals surface area contributed by atoms with Crippen LogP contribution in [0.25, 0.3) is 0 Å². The molecule has 6 nitrogen and oxygen atoms in total. The molecule has 2 aliphatic rings. The van der Waals surface area contributed by atoms with Crippen LogP contribution in [0.15, 0.2) is 29.3 Å². The van der Waals surface area contributed by atoms with E-state index in [2.05, 4.69) is 22.4 Å². The molecule has 0 saturated carbocycles. The molecule has 1 fully saturated rings. The van der Waals surface area contributed by atoms with Crippen LogP contribution >= 0.6 is 0 Å². The summed E-state index contributed by atoms with van der Waals surface area (Å²) in [7, 11) is 0. The number of likely N-dealkylation sites (tertiary alicyclic amines) is 1. The second kappa shape index (κ2) is 7.66. The summed E-state index contributed by atoms with van der Waals surface area (Å²) in [5.41, 5.74) is 2.57. The zero-order valence-electron chi connectivity index (χ0n) is 14.2. The standard InChI is InChI=1S/C18H26N4O2/c1-2-19-18(22-10-8-16(23)13-22)20-11-17(24)21-9-7-14-5-3-4-6-15(14)12-21/h3-6,16,23H,2,7-13H2,1H3,(H,19,20)/t16-/m1/s1. The van der Waals surface area contributed by atoms with E-state index in [1.165, 1.54) is 11.1 Å². The molecule has 0 aliphatic carbocycles. The number of carbonyl (C=O) groups is 1. The van der Waals surface area contributed by atoms with Crippen molar-refractivity contribution >= 4 is 11.9 Å². The zero-order valence-corrected chi connectivity index (χ0v) is 14.2. The molecule has 2 heterocycles. The number of hydrogen-bond acceptors (Lipinski definition) is 3. The highest BCUT2D eigenvalue weighted by atomic mass is 16.3. The molecule has 24 heavy (non-hydrogen) atoms. The van der Waals surface area contributed by atoms with Crippen LogP contribution in [0.1, 0.15) is 24.5 Å². The summed E-state index contributed by atoms with van der Waals surface area (Å²) in [6.07, 6.45) is 1.36. The summed E-state index contributed by atoms with van der Waals surface area (Å²) in [6, 6.07) is 8.30. The molecular formula is C18H26N4O2. The van der Waals surface area contributed by atoms with Gasteiger partial charge in [-0.3, -0.25) is 4.79 Å². The van der Waals surface area contributed by atoms with Gasteiger partial charge in [-0.25, -0.2) is 4.99 Å². The quantitative estimate of drug-likeness (QED) is 0.629. The molecular weight excluding hydrogens is 304 g/mol. The van der Waals surface area contributed by atoms with Crippen LogP contribution in [-0.4, -0.2) is 65.6 Å². The Labute approximate surface area is 143 Å². The Hall–Kier alpha value is -2.08. The first-order valence-electron chi connectivity index (χ1n) is 8.73. The lowest BCUT2D eigenvalue weighted by molar-refractivity contribution is -0.130. The van der Waals surface area contributed by atoms with Crippen LogP contribution in [0.5, 0.6) is 0 Å².